The molecule has 0 atom stereocenters. The van der Waals surface area contributed by atoms with E-state index in [1.54, 1.807) is 11.5 Å². The van der Waals surface area contributed by atoms with E-state index in [1.807, 2.05) is 0 Å². The van der Waals surface area contributed by atoms with Crippen molar-refractivity contribution in [3.63, 3.8) is 0 Å². The topological polar surface area (TPSA) is 12.9 Å². The van der Waals surface area contributed by atoms with Gasteiger partial charge in [0, 0.05) is 11.1 Å². The fraction of sp³-hybridized carbons (Fsp3) is 0.182. The molecular formula is C33H31NS. The Bertz CT molecular complexity index is 1400. The van der Waals surface area contributed by atoms with Gasteiger partial charge in [-0.25, -0.2) is 0 Å². The second-order valence-corrected chi connectivity index (χ2v) is 10.8. The lowest BCUT2D eigenvalue weighted by molar-refractivity contribution is 0.590. The maximum atomic E-state index is 5.00. The van der Waals surface area contributed by atoms with Gasteiger partial charge in [0.15, 0.2) is 0 Å². The Morgan fingerprint density at radius 2 is 1.14 bits per heavy atom. The number of hydrogen-bond acceptors (Lipinski definition) is 2. The molecule has 0 unspecified atom stereocenters. The van der Waals surface area contributed by atoms with Crippen molar-refractivity contribution in [2.45, 2.75) is 39.5 Å². The second kappa shape index (κ2) is 9.64. The molecule has 2 heteroatoms. The van der Waals surface area contributed by atoms with Crippen LogP contribution in [0.5, 0.6) is 0 Å². The van der Waals surface area contributed by atoms with Gasteiger partial charge in [0.1, 0.15) is 0 Å². The third kappa shape index (κ3) is 4.85. The van der Waals surface area contributed by atoms with Crippen molar-refractivity contribution in [2.75, 3.05) is 0 Å². The van der Waals surface area contributed by atoms with E-state index in [1.165, 1.54) is 43.8 Å². The Balaban J connectivity index is 1.61. The van der Waals surface area contributed by atoms with Crippen LogP contribution in [0.2, 0.25) is 0 Å². The van der Waals surface area contributed by atoms with Gasteiger partial charge >= 0.3 is 0 Å². The van der Waals surface area contributed by atoms with Crippen molar-refractivity contribution in [1.82, 2.24) is 4.37 Å². The summed E-state index contributed by atoms with van der Waals surface area (Å²) in [7, 11) is 0. The minimum atomic E-state index is 0.130. The Kier molecular flexibility index (Phi) is 6.40. The molecule has 0 amide bonds. The van der Waals surface area contributed by atoms with Crippen LogP contribution in [0.3, 0.4) is 0 Å². The monoisotopic (exact) mass is 473 g/mol. The van der Waals surface area contributed by atoms with E-state index in [-0.39, 0.29) is 5.41 Å². The predicted octanol–water partition coefficient (Wildman–Crippen LogP) is 9.67. The first kappa shape index (κ1) is 23.3. The fourth-order valence-corrected chi connectivity index (χ4v) is 5.36. The third-order valence-corrected chi connectivity index (χ3v) is 7.52. The first-order valence-electron chi connectivity index (χ1n) is 12.3. The van der Waals surface area contributed by atoms with E-state index in [2.05, 4.69) is 131 Å². The summed E-state index contributed by atoms with van der Waals surface area (Å²) in [5.41, 5.74) is 11.1. The average molecular weight is 474 g/mol. The van der Waals surface area contributed by atoms with Gasteiger partial charge in [-0.1, -0.05) is 131 Å². The van der Waals surface area contributed by atoms with E-state index >= 15 is 0 Å². The summed E-state index contributed by atoms with van der Waals surface area (Å²) in [6.07, 6.45) is 1.04. The fourth-order valence-electron chi connectivity index (χ4n) is 4.43. The number of benzene rings is 4. The van der Waals surface area contributed by atoms with Gasteiger partial charge in [-0.2, -0.15) is 4.37 Å². The van der Waals surface area contributed by atoms with Crippen LogP contribution < -0.4 is 0 Å². The molecule has 1 nitrogen and oxygen atoms in total. The van der Waals surface area contributed by atoms with Gasteiger partial charge in [0.2, 0.25) is 0 Å². The number of hydrogen-bond donors (Lipinski definition) is 0. The maximum absolute atomic E-state index is 5.00. The molecule has 0 bridgehead atoms. The van der Waals surface area contributed by atoms with Crippen LogP contribution >= 0.6 is 11.5 Å². The van der Waals surface area contributed by atoms with E-state index in [4.69, 9.17) is 4.37 Å². The highest BCUT2D eigenvalue weighted by Gasteiger charge is 2.20. The zero-order chi connectivity index (χ0) is 24.4. The molecule has 5 rings (SSSR count). The molecule has 5 aromatic rings. The third-order valence-electron chi connectivity index (χ3n) is 6.62. The molecule has 0 radical (unpaired) electrons. The van der Waals surface area contributed by atoms with Crippen LogP contribution in [0.15, 0.2) is 103 Å². The van der Waals surface area contributed by atoms with E-state index < -0.39 is 0 Å². The molecule has 0 saturated carbocycles. The van der Waals surface area contributed by atoms with Crippen molar-refractivity contribution in [2.24, 2.45) is 0 Å². The van der Waals surface area contributed by atoms with Crippen molar-refractivity contribution < 1.29 is 0 Å². The summed E-state index contributed by atoms with van der Waals surface area (Å²) < 4.78 is 5.00. The lowest BCUT2D eigenvalue weighted by Gasteiger charge is -2.19. The molecule has 0 spiro atoms. The Labute approximate surface area is 213 Å². The molecule has 174 valence electrons. The second-order valence-electron chi connectivity index (χ2n) is 10.1. The summed E-state index contributed by atoms with van der Waals surface area (Å²) >= 11 is 1.59. The zero-order valence-corrected chi connectivity index (χ0v) is 21.7. The lowest BCUT2D eigenvalue weighted by Crippen LogP contribution is -2.10. The van der Waals surface area contributed by atoms with Gasteiger partial charge < -0.3 is 0 Å². The minimum Gasteiger partial charge on any atom is -0.191 e. The summed E-state index contributed by atoms with van der Waals surface area (Å²) in [5, 5.41) is 0. The minimum absolute atomic E-state index is 0.130. The SMILES string of the molecule is CCc1ccc(-c2c(-c3ccc(C(C)(C)C)cc3)nsc2-c2ccc(-c3ccccc3)cc2)cc1. The largest absolute Gasteiger partial charge is 0.191 e. The molecule has 0 aliphatic carbocycles. The Morgan fingerprint density at radius 3 is 1.74 bits per heavy atom. The quantitative estimate of drug-likeness (QED) is 0.247. The highest BCUT2D eigenvalue weighted by molar-refractivity contribution is 7.10. The van der Waals surface area contributed by atoms with Crippen LogP contribution in [0.4, 0.5) is 0 Å². The average Bonchev–Trinajstić information content (AvgIpc) is 3.34. The van der Waals surface area contributed by atoms with E-state index in [9.17, 15) is 0 Å². The molecular weight excluding hydrogens is 442 g/mol. The summed E-state index contributed by atoms with van der Waals surface area (Å²) in [6, 6.07) is 37.3. The van der Waals surface area contributed by atoms with Crippen molar-refractivity contribution in [1.29, 1.82) is 0 Å². The van der Waals surface area contributed by atoms with Gasteiger partial charge in [-0.05, 0) is 56.7 Å². The molecule has 0 aliphatic rings. The normalized spacial score (nSPS) is 11.5. The smallest absolute Gasteiger partial charge is 0.0925 e. The van der Waals surface area contributed by atoms with Gasteiger partial charge in [-0.3, -0.25) is 0 Å². The molecule has 1 heterocycles. The van der Waals surface area contributed by atoms with Crippen molar-refractivity contribution in [3.05, 3.63) is 114 Å². The van der Waals surface area contributed by atoms with Gasteiger partial charge in [0.25, 0.3) is 0 Å². The number of nitrogens with zero attached hydrogens (tertiary/aromatic N) is 1. The van der Waals surface area contributed by atoms with E-state index in [0.717, 1.165) is 17.7 Å². The number of rotatable bonds is 5. The summed E-state index contributed by atoms with van der Waals surface area (Å²) in [5.74, 6) is 0. The maximum Gasteiger partial charge on any atom is 0.0925 e. The first-order valence-corrected chi connectivity index (χ1v) is 13.1. The van der Waals surface area contributed by atoms with Gasteiger partial charge in [-0.15, -0.1) is 0 Å². The standard InChI is InChI=1S/C33H31NS/c1-5-23-11-13-26(14-12-23)30-31(27-19-21-29(22-20-27)33(2,3)4)34-35-32(30)28-17-15-25(16-18-28)24-9-7-6-8-10-24/h6-22H,5H2,1-4H3. The molecule has 0 N–H and O–H groups in total. The molecule has 1 aromatic heterocycles. The van der Waals surface area contributed by atoms with Gasteiger partial charge in [0.05, 0.1) is 10.6 Å². The van der Waals surface area contributed by atoms with Crippen LogP contribution in [0.25, 0.3) is 44.0 Å². The Morgan fingerprint density at radius 1 is 0.600 bits per heavy atom. The Hall–Kier alpha value is -3.49. The van der Waals surface area contributed by atoms with Crippen LogP contribution in [-0.2, 0) is 11.8 Å². The predicted molar refractivity (Wildman–Crippen MR) is 152 cm³/mol. The van der Waals surface area contributed by atoms with Crippen LogP contribution in [-0.4, -0.2) is 4.37 Å². The molecule has 35 heavy (non-hydrogen) atoms. The summed E-state index contributed by atoms with van der Waals surface area (Å²) in [6.45, 7) is 8.96. The number of aromatic nitrogens is 1. The molecule has 0 saturated heterocycles. The first-order chi connectivity index (χ1) is 16.9. The zero-order valence-electron chi connectivity index (χ0n) is 20.9. The molecule has 0 aliphatic heterocycles. The molecule has 0 fully saturated rings. The van der Waals surface area contributed by atoms with Crippen molar-refractivity contribution in [3.8, 4) is 44.0 Å². The summed E-state index contributed by atoms with van der Waals surface area (Å²) in [4.78, 5) is 1.21. The lowest BCUT2D eigenvalue weighted by atomic mass is 9.86. The highest BCUT2D eigenvalue weighted by Crippen LogP contribution is 2.43. The van der Waals surface area contributed by atoms with Crippen molar-refractivity contribution >= 4 is 11.5 Å². The molecule has 4 aromatic carbocycles. The van der Waals surface area contributed by atoms with Crippen LogP contribution in [0.1, 0.15) is 38.8 Å². The number of aryl methyl sites for hydroxylation is 1. The van der Waals surface area contributed by atoms with E-state index in [0.29, 0.717) is 0 Å². The highest BCUT2D eigenvalue weighted by atomic mass is 32.1. The van der Waals surface area contributed by atoms with Crippen LogP contribution in [0, 0.1) is 0 Å².